The molecule has 28 heavy (non-hydrogen) atoms. The third-order valence-electron chi connectivity index (χ3n) is 3.60. The second-order valence-corrected chi connectivity index (χ2v) is 11.3. The van der Waals surface area contributed by atoms with Gasteiger partial charge in [0.1, 0.15) is 0 Å². The Hall–Kier alpha value is -2.15. The molecule has 0 bridgehead atoms. The van der Waals surface area contributed by atoms with Crippen LogP contribution < -0.4 is 5.32 Å². The number of benzene rings is 1. The van der Waals surface area contributed by atoms with E-state index in [9.17, 15) is 21.6 Å². The Morgan fingerprint density at radius 3 is 2.57 bits per heavy atom. The van der Waals surface area contributed by atoms with E-state index in [1.165, 1.54) is 25.1 Å². The Morgan fingerprint density at radius 1 is 1.21 bits per heavy atom. The van der Waals surface area contributed by atoms with Crippen LogP contribution in [0.3, 0.4) is 0 Å². The summed E-state index contributed by atoms with van der Waals surface area (Å²) in [7, 11) is -7.09. The van der Waals surface area contributed by atoms with Crippen molar-refractivity contribution in [1.29, 1.82) is 0 Å². The van der Waals surface area contributed by atoms with Gasteiger partial charge in [-0.05, 0) is 18.2 Å². The third-order valence-corrected chi connectivity index (χ3v) is 7.44. The number of amides is 1. The SMILES string of the molecule is CCS(=O)(=O)c1ncc(Cl)c(C(=O)Nc2nc3ccc(S(C)(=O)=O)cc3s2)n1. The maximum Gasteiger partial charge on any atom is 0.277 e. The van der Waals surface area contributed by atoms with Crippen LogP contribution in [-0.4, -0.2) is 49.7 Å². The quantitative estimate of drug-likeness (QED) is 0.572. The Balaban J connectivity index is 1.94. The van der Waals surface area contributed by atoms with Crippen LogP contribution in [-0.2, 0) is 19.7 Å². The summed E-state index contributed by atoms with van der Waals surface area (Å²) in [6.45, 7) is 1.43. The summed E-state index contributed by atoms with van der Waals surface area (Å²) in [5, 5.41) is 2.06. The van der Waals surface area contributed by atoms with Crippen molar-refractivity contribution < 1.29 is 21.6 Å². The number of anilines is 1. The number of nitrogens with one attached hydrogen (secondary N) is 1. The first kappa shape index (κ1) is 20.6. The minimum absolute atomic E-state index is 0.118. The number of rotatable bonds is 5. The molecule has 0 saturated heterocycles. The molecule has 3 aromatic rings. The molecule has 0 radical (unpaired) electrons. The van der Waals surface area contributed by atoms with Crippen LogP contribution in [0.4, 0.5) is 5.13 Å². The summed E-state index contributed by atoms with van der Waals surface area (Å²) < 4.78 is 47.7. The zero-order valence-electron chi connectivity index (χ0n) is 14.5. The molecule has 3 rings (SSSR count). The van der Waals surface area contributed by atoms with Crippen LogP contribution in [0.2, 0.25) is 5.02 Å². The zero-order valence-corrected chi connectivity index (χ0v) is 17.7. The summed E-state index contributed by atoms with van der Waals surface area (Å²) >= 11 is 6.99. The van der Waals surface area contributed by atoms with E-state index in [2.05, 4.69) is 20.3 Å². The number of hydrogen-bond donors (Lipinski definition) is 1. The Kier molecular flexibility index (Phi) is 5.40. The molecule has 0 unspecified atom stereocenters. The number of hydrogen-bond acceptors (Lipinski definition) is 9. The van der Waals surface area contributed by atoms with Gasteiger partial charge < -0.3 is 0 Å². The highest BCUT2D eigenvalue weighted by Gasteiger charge is 2.22. The van der Waals surface area contributed by atoms with Gasteiger partial charge in [0.25, 0.3) is 5.91 Å². The van der Waals surface area contributed by atoms with Crippen LogP contribution >= 0.6 is 22.9 Å². The van der Waals surface area contributed by atoms with Gasteiger partial charge >= 0.3 is 0 Å². The second-order valence-electron chi connectivity index (χ2n) is 5.63. The van der Waals surface area contributed by atoms with Gasteiger partial charge in [0.05, 0.1) is 32.1 Å². The van der Waals surface area contributed by atoms with Gasteiger partial charge in [0.15, 0.2) is 20.7 Å². The molecule has 1 N–H and O–H groups in total. The number of aromatic nitrogens is 3. The van der Waals surface area contributed by atoms with Crippen molar-refractivity contribution >= 4 is 63.9 Å². The molecule has 2 heterocycles. The highest BCUT2D eigenvalue weighted by molar-refractivity contribution is 7.91. The van der Waals surface area contributed by atoms with E-state index in [-0.39, 0.29) is 26.5 Å². The highest BCUT2D eigenvalue weighted by Crippen LogP contribution is 2.29. The maximum absolute atomic E-state index is 12.5. The van der Waals surface area contributed by atoms with Gasteiger partial charge in [0, 0.05) is 6.26 Å². The largest absolute Gasteiger partial charge is 0.296 e. The Bertz CT molecular complexity index is 1300. The minimum Gasteiger partial charge on any atom is -0.296 e. The van der Waals surface area contributed by atoms with Crippen LogP contribution in [0.5, 0.6) is 0 Å². The lowest BCUT2D eigenvalue weighted by atomic mass is 10.3. The minimum atomic E-state index is -3.71. The number of nitrogens with zero attached hydrogens (tertiary/aromatic N) is 3. The number of halogens is 1. The van der Waals surface area contributed by atoms with Crippen LogP contribution in [0.25, 0.3) is 10.2 Å². The average molecular weight is 461 g/mol. The Morgan fingerprint density at radius 2 is 1.93 bits per heavy atom. The lowest BCUT2D eigenvalue weighted by Gasteiger charge is -2.05. The van der Waals surface area contributed by atoms with Crippen LogP contribution in [0, 0.1) is 0 Å². The number of carbonyl (C=O) groups excluding carboxylic acids is 1. The fraction of sp³-hybridized carbons (Fsp3) is 0.200. The summed E-state index contributed by atoms with van der Waals surface area (Å²) in [5.74, 6) is -0.988. The second kappa shape index (κ2) is 7.35. The van der Waals surface area contributed by atoms with E-state index >= 15 is 0 Å². The molecule has 0 saturated carbocycles. The molecule has 0 aliphatic carbocycles. The number of sulfone groups is 2. The number of thiazole rings is 1. The van der Waals surface area contributed by atoms with E-state index in [0.29, 0.717) is 10.2 Å². The molecule has 1 aromatic carbocycles. The van der Waals surface area contributed by atoms with Crippen molar-refractivity contribution in [1.82, 2.24) is 15.0 Å². The maximum atomic E-state index is 12.5. The molecule has 0 aliphatic rings. The summed E-state index contributed by atoms with van der Waals surface area (Å²) in [4.78, 5) is 24.3. The van der Waals surface area contributed by atoms with E-state index in [4.69, 9.17) is 11.6 Å². The topological polar surface area (TPSA) is 136 Å². The van der Waals surface area contributed by atoms with Gasteiger partial charge in [-0.15, -0.1) is 0 Å². The number of fused-ring (bicyclic) bond motifs is 1. The molecule has 0 spiro atoms. The van der Waals surface area contributed by atoms with Gasteiger partial charge in [-0.3, -0.25) is 10.1 Å². The first-order chi connectivity index (χ1) is 13.0. The summed E-state index contributed by atoms with van der Waals surface area (Å²) in [6, 6.07) is 4.41. The van der Waals surface area contributed by atoms with E-state index in [0.717, 1.165) is 23.8 Å². The highest BCUT2D eigenvalue weighted by atomic mass is 35.5. The molecular weight excluding hydrogens is 448 g/mol. The molecule has 9 nitrogen and oxygen atoms in total. The van der Waals surface area contributed by atoms with Crippen molar-refractivity contribution in [3.05, 3.63) is 35.1 Å². The van der Waals surface area contributed by atoms with Crippen molar-refractivity contribution in [2.75, 3.05) is 17.3 Å². The van der Waals surface area contributed by atoms with Gasteiger partial charge in [-0.1, -0.05) is 29.9 Å². The van der Waals surface area contributed by atoms with E-state index in [1.807, 2.05) is 0 Å². The molecular formula is C15H13ClN4O5S3. The fourth-order valence-electron chi connectivity index (χ4n) is 2.13. The molecule has 2 aromatic heterocycles. The molecule has 0 atom stereocenters. The average Bonchev–Trinajstić information content (AvgIpc) is 3.02. The standard InChI is InChI=1S/C15H13ClN4O5S3/c1-3-28(24,25)15-17-7-9(16)12(19-15)13(21)20-14-18-10-5-4-8(27(2,22)23)6-11(10)26-14/h4-7H,3H2,1-2H3,(H,18,20,21). The third kappa shape index (κ3) is 4.14. The molecule has 0 fully saturated rings. The lowest BCUT2D eigenvalue weighted by molar-refractivity contribution is 0.102. The molecule has 148 valence electrons. The molecule has 0 aliphatic heterocycles. The van der Waals surface area contributed by atoms with Crippen molar-refractivity contribution in [3.8, 4) is 0 Å². The van der Waals surface area contributed by atoms with E-state index in [1.54, 1.807) is 0 Å². The summed E-state index contributed by atoms with van der Waals surface area (Å²) in [6.07, 6.45) is 2.14. The van der Waals surface area contributed by atoms with Crippen molar-refractivity contribution in [2.45, 2.75) is 17.0 Å². The first-order valence-electron chi connectivity index (χ1n) is 7.68. The normalized spacial score (nSPS) is 12.2. The van der Waals surface area contributed by atoms with E-state index < -0.39 is 30.7 Å². The van der Waals surface area contributed by atoms with Gasteiger partial charge in [-0.2, -0.15) is 0 Å². The van der Waals surface area contributed by atoms with Crippen LogP contribution in [0.15, 0.2) is 34.4 Å². The lowest BCUT2D eigenvalue weighted by Crippen LogP contribution is -2.18. The first-order valence-corrected chi connectivity index (χ1v) is 12.4. The van der Waals surface area contributed by atoms with Gasteiger partial charge in [0.2, 0.25) is 15.0 Å². The smallest absolute Gasteiger partial charge is 0.277 e. The molecule has 1 amide bonds. The van der Waals surface area contributed by atoms with Crippen molar-refractivity contribution in [3.63, 3.8) is 0 Å². The zero-order chi connectivity index (χ0) is 20.7. The summed E-state index contributed by atoms with van der Waals surface area (Å²) in [5.41, 5.74) is 0.190. The number of carbonyl (C=O) groups is 1. The predicted octanol–water partition coefficient (Wildman–Crippen LogP) is 2.19. The monoisotopic (exact) mass is 460 g/mol. The fourth-order valence-corrected chi connectivity index (χ4v) is 4.64. The van der Waals surface area contributed by atoms with Crippen LogP contribution in [0.1, 0.15) is 17.4 Å². The van der Waals surface area contributed by atoms with Crippen molar-refractivity contribution in [2.24, 2.45) is 0 Å². The van der Waals surface area contributed by atoms with Gasteiger partial charge in [-0.25, -0.2) is 31.8 Å². The molecule has 13 heteroatoms. The predicted molar refractivity (Wildman–Crippen MR) is 105 cm³/mol. The Labute approximate surface area is 169 Å².